The van der Waals surface area contributed by atoms with Crippen molar-refractivity contribution in [3.05, 3.63) is 112 Å². The molecule has 0 aliphatic carbocycles. The Morgan fingerprint density at radius 3 is 2.36 bits per heavy atom. The minimum Gasteiger partial charge on any atom is -0.463 e. The molecular weight excluding hydrogens is 557 g/mol. The lowest BCUT2D eigenvalue weighted by atomic mass is 9.83. The van der Waals surface area contributed by atoms with Crippen LogP contribution in [0, 0.1) is 5.82 Å². The molecule has 5 rings (SSSR count). The van der Waals surface area contributed by atoms with Crippen molar-refractivity contribution >= 4 is 35.1 Å². The molecule has 0 saturated carbocycles. The molecule has 0 bridgehead atoms. The van der Waals surface area contributed by atoms with Gasteiger partial charge in [-0.3, -0.25) is 9.59 Å². The van der Waals surface area contributed by atoms with E-state index in [-0.39, 0.29) is 37.0 Å². The first-order valence-electron chi connectivity index (χ1n) is 14.1. The van der Waals surface area contributed by atoms with Gasteiger partial charge >= 0.3 is 5.97 Å². The Morgan fingerprint density at radius 1 is 0.976 bits per heavy atom. The monoisotopic (exact) mass is 589 g/mol. The maximum atomic E-state index is 14.7. The van der Waals surface area contributed by atoms with Crippen LogP contribution >= 0.6 is 11.6 Å². The van der Waals surface area contributed by atoms with Crippen LogP contribution < -0.4 is 4.90 Å². The van der Waals surface area contributed by atoms with Crippen LogP contribution in [0.25, 0.3) is 0 Å². The van der Waals surface area contributed by atoms with Gasteiger partial charge in [0.05, 0.1) is 18.7 Å². The number of hydrogen-bond acceptors (Lipinski definition) is 5. The highest BCUT2D eigenvalue weighted by atomic mass is 35.5. The average Bonchev–Trinajstić information content (AvgIpc) is 2.99. The number of piperazine rings is 1. The summed E-state index contributed by atoms with van der Waals surface area (Å²) >= 11 is 6.14. The molecule has 1 unspecified atom stereocenters. The number of carbonyl (C=O) groups excluding carboxylic acids is 3. The fourth-order valence-electron chi connectivity index (χ4n) is 5.66. The molecule has 1 atom stereocenters. The Morgan fingerprint density at radius 2 is 1.69 bits per heavy atom. The Hall–Kier alpha value is -4.17. The summed E-state index contributed by atoms with van der Waals surface area (Å²) in [6, 6.07) is 21.1. The van der Waals surface area contributed by atoms with Crippen LogP contribution in [0.15, 0.2) is 84.1 Å². The smallest absolute Gasteiger partial charge is 0.336 e. The highest BCUT2D eigenvalue weighted by molar-refractivity contribution is 6.30. The zero-order valence-electron chi connectivity index (χ0n) is 23.7. The van der Waals surface area contributed by atoms with Gasteiger partial charge in [0.15, 0.2) is 0 Å². The molecule has 0 spiro atoms. The van der Waals surface area contributed by atoms with Crippen LogP contribution in [-0.2, 0) is 20.9 Å². The summed E-state index contributed by atoms with van der Waals surface area (Å²) in [5, 5.41) is 0.685. The van der Waals surface area contributed by atoms with Crippen molar-refractivity contribution in [1.82, 2.24) is 9.80 Å². The largest absolute Gasteiger partial charge is 0.463 e. The Balaban J connectivity index is 1.29. The van der Waals surface area contributed by atoms with Gasteiger partial charge in [-0.05, 0) is 61.4 Å². The number of halogens is 2. The summed E-state index contributed by atoms with van der Waals surface area (Å²) in [6.07, 6.45) is -0.0514. The van der Waals surface area contributed by atoms with Gasteiger partial charge in [0.1, 0.15) is 5.82 Å². The van der Waals surface area contributed by atoms with Crippen molar-refractivity contribution in [2.24, 2.45) is 0 Å². The second kappa shape index (κ2) is 12.8. The second-order valence-electron chi connectivity index (χ2n) is 10.4. The fourth-order valence-corrected chi connectivity index (χ4v) is 5.84. The molecule has 2 heterocycles. The average molecular weight is 590 g/mol. The third-order valence-electron chi connectivity index (χ3n) is 7.88. The van der Waals surface area contributed by atoms with E-state index in [2.05, 4.69) is 4.90 Å². The van der Waals surface area contributed by atoms with Crippen molar-refractivity contribution < 1.29 is 23.5 Å². The number of benzene rings is 3. The Labute approximate surface area is 250 Å². The van der Waals surface area contributed by atoms with Crippen LogP contribution in [0.2, 0.25) is 5.02 Å². The molecule has 42 heavy (non-hydrogen) atoms. The van der Waals surface area contributed by atoms with E-state index in [9.17, 15) is 18.8 Å². The molecule has 2 aliphatic rings. The quantitative estimate of drug-likeness (QED) is 0.326. The van der Waals surface area contributed by atoms with Crippen molar-refractivity contribution in [2.45, 2.75) is 32.7 Å². The summed E-state index contributed by atoms with van der Waals surface area (Å²) in [5.74, 6) is -2.02. The maximum Gasteiger partial charge on any atom is 0.336 e. The lowest BCUT2D eigenvalue weighted by molar-refractivity contribution is -0.140. The van der Waals surface area contributed by atoms with E-state index in [1.165, 1.54) is 11.0 Å². The van der Waals surface area contributed by atoms with Gasteiger partial charge in [-0.15, -0.1) is 0 Å². The predicted octanol–water partition coefficient (Wildman–Crippen LogP) is 5.79. The van der Waals surface area contributed by atoms with Crippen LogP contribution in [0.5, 0.6) is 0 Å². The molecule has 218 valence electrons. The topological polar surface area (TPSA) is 70.2 Å². The van der Waals surface area contributed by atoms with E-state index in [1.807, 2.05) is 41.3 Å². The fraction of sp³-hybridized carbons (Fsp3) is 0.303. The van der Waals surface area contributed by atoms with E-state index in [0.717, 1.165) is 11.3 Å². The number of allylic oxidation sites excluding steroid dienone is 1. The molecule has 0 aromatic heterocycles. The zero-order valence-corrected chi connectivity index (χ0v) is 24.4. The lowest BCUT2D eigenvalue weighted by Gasteiger charge is -2.36. The molecule has 0 N–H and O–H groups in total. The first-order valence-corrected chi connectivity index (χ1v) is 14.5. The molecular formula is C33H33ClFN3O4. The van der Waals surface area contributed by atoms with Gasteiger partial charge in [0, 0.05) is 60.5 Å². The van der Waals surface area contributed by atoms with Gasteiger partial charge in [-0.25, -0.2) is 9.18 Å². The first kappa shape index (κ1) is 29.3. The van der Waals surface area contributed by atoms with Gasteiger partial charge in [0.25, 0.3) is 5.91 Å². The van der Waals surface area contributed by atoms with Gasteiger partial charge < -0.3 is 19.4 Å². The SMILES string of the molecule is CCOC(=O)C1=C(C)N(Cc2ccc(C(=O)N3CCN(c4cccc(Cl)c4)CC3)cc2)C(=O)CC1c1ccccc1F. The number of ether oxygens (including phenoxy) is 1. The molecule has 3 aromatic carbocycles. The Bertz CT molecular complexity index is 1520. The summed E-state index contributed by atoms with van der Waals surface area (Å²) in [6.45, 7) is 6.40. The van der Waals surface area contributed by atoms with Crippen LogP contribution in [-0.4, -0.2) is 60.4 Å². The van der Waals surface area contributed by atoms with Gasteiger partial charge in [0.2, 0.25) is 5.91 Å². The number of amides is 2. The van der Waals surface area contributed by atoms with Crippen molar-refractivity contribution in [3.8, 4) is 0 Å². The van der Waals surface area contributed by atoms with Crippen LogP contribution in [0.1, 0.15) is 47.7 Å². The highest BCUT2D eigenvalue weighted by Gasteiger charge is 2.38. The minimum atomic E-state index is -0.728. The first-order chi connectivity index (χ1) is 20.3. The lowest BCUT2D eigenvalue weighted by Crippen LogP contribution is -2.48. The summed E-state index contributed by atoms with van der Waals surface area (Å²) in [5.41, 5.74) is 3.43. The molecule has 2 aliphatic heterocycles. The highest BCUT2D eigenvalue weighted by Crippen LogP contribution is 2.38. The maximum absolute atomic E-state index is 14.7. The van der Waals surface area contributed by atoms with E-state index < -0.39 is 17.7 Å². The standard InChI is InChI=1S/C33H33ClFN3O4/c1-3-42-33(41)31-22(2)38(30(39)20-28(31)27-9-4-5-10-29(27)35)21-23-11-13-24(14-12-23)32(40)37-17-15-36(16-18-37)26-8-6-7-25(34)19-26/h4-14,19,28H,3,15-18,20-21H2,1-2H3. The molecule has 7 nitrogen and oxygen atoms in total. The molecule has 1 fully saturated rings. The van der Waals surface area contributed by atoms with E-state index in [4.69, 9.17) is 16.3 Å². The summed E-state index contributed by atoms with van der Waals surface area (Å²) in [4.78, 5) is 45.1. The van der Waals surface area contributed by atoms with Crippen molar-refractivity contribution in [1.29, 1.82) is 0 Å². The molecule has 2 amide bonds. The Kier molecular flexibility index (Phi) is 8.92. The molecule has 1 saturated heterocycles. The normalized spacial score (nSPS) is 17.5. The van der Waals surface area contributed by atoms with Crippen molar-refractivity contribution in [3.63, 3.8) is 0 Å². The number of hydrogen-bond donors (Lipinski definition) is 0. The molecule has 9 heteroatoms. The van der Waals surface area contributed by atoms with Gasteiger partial charge in [-0.2, -0.15) is 0 Å². The number of anilines is 1. The molecule has 0 radical (unpaired) electrons. The van der Waals surface area contributed by atoms with E-state index in [1.54, 1.807) is 44.2 Å². The summed E-state index contributed by atoms with van der Waals surface area (Å²) < 4.78 is 20.0. The number of esters is 1. The van der Waals surface area contributed by atoms with Gasteiger partial charge in [-0.1, -0.05) is 48.0 Å². The predicted molar refractivity (Wildman–Crippen MR) is 160 cm³/mol. The third-order valence-corrected chi connectivity index (χ3v) is 8.12. The number of nitrogens with zero attached hydrogens (tertiary/aromatic N) is 3. The van der Waals surface area contributed by atoms with E-state index >= 15 is 0 Å². The zero-order chi connectivity index (χ0) is 29.8. The van der Waals surface area contributed by atoms with Crippen LogP contribution in [0.4, 0.5) is 10.1 Å². The van der Waals surface area contributed by atoms with Crippen LogP contribution in [0.3, 0.4) is 0 Å². The summed E-state index contributed by atoms with van der Waals surface area (Å²) in [7, 11) is 0. The molecule has 3 aromatic rings. The second-order valence-corrected chi connectivity index (χ2v) is 10.9. The van der Waals surface area contributed by atoms with Crippen molar-refractivity contribution in [2.75, 3.05) is 37.7 Å². The minimum absolute atomic E-state index is 0.0465. The number of rotatable bonds is 7. The number of carbonyl (C=O) groups is 3. The van der Waals surface area contributed by atoms with E-state index in [0.29, 0.717) is 48.0 Å². The third kappa shape index (κ3) is 6.19.